The van der Waals surface area contributed by atoms with Crippen LogP contribution >= 0.6 is 0 Å². The summed E-state index contributed by atoms with van der Waals surface area (Å²) < 4.78 is 6.59. The number of rotatable bonds is 5. The molecule has 9 aromatic carbocycles. The number of nitrogens with zero attached hydrogens (tertiary/aromatic N) is 1. The number of furan rings is 1. The van der Waals surface area contributed by atoms with E-state index in [1.807, 2.05) is 0 Å². The Kier molecular flexibility index (Phi) is 6.53. The molecule has 50 heavy (non-hydrogen) atoms. The predicted molar refractivity (Wildman–Crippen MR) is 212 cm³/mol. The predicted octanol–water partition coefficient (Wildman–Crippen LogP) is 13.8. The average molecular weight is 638 g/mol. The zero-order valence-corrected chi connectivity index (χ0v) is 27.3. The third-order valence-corrected chi connectivity index (χ3v) is 10.1. The van der Waals surface area contributed by atoms with Crippen LogP contribution in [0.3, 0.4) is 0 Å². The Morgan fingerprint density at radius 1 is 0.340 bits per heavy atom. The molecule has 0 atom stereocenters. The van der Waals surface area contributed by atoms with Gasteiger partial charge in [-0.15, -0.1) is 0 Å². The number of hydrogen-bond donors (Lipinski definition) is 0. The van der Waals surface area contributed by atoms with Crippen LogP contribution in [0.4, 0.5) is 17.1 Å². The van der Waals surface area contributed by atoms with Crippen molar-refractivity contribution in [3.63, 3.8) is 0 Å². The fraction of sp³-hybridized carbons (Fsp3) is 0. The summed E-state index contributed by atoms with van der Waals surface area (Å²) in [5.74, 6) is 0. The van der Waals surface area contributed by atoms with Crippen molar-refractivity contribution in [2.45, 2.75) is 0 Å². The van der Waals surface area contributed by atoms with Crippen LogP contribution in [0.2, 0.25) is 0 Å². The molecular weight excluding hydrogens is 607 g/mol. The molecule has 10 aromatic rings. The van der Waals surface area contributed by atoms with E-state index in [0.29, 0.717) is 0 Å². The second kappa shape index (κ2) is 11.5. The van der Waals surface area contributed by atoms with Crippen LogP contribution in [0.1, 0.15) is 0 Å². The molecule has 0 unspecified atom stereocenters. The molecule has 1 heterocycles. The first-order chi connectivity index (χ1) is 24.8. The van der Waals surface area contributed by atoms with E-state index in [2.05, 4.69) is 193 Å². The average Bonchev–Trinajstić information content (AvgIpc) is 3.58. The van der Waals surface area contributed by atoms with E-state index in [1.54, 1.807) is 0 Å². The van der Waals surface area contributed by atoms with E-state index in [1.165, 1.54) is 38.1 Å². The van der Waals surface area contributed by atoms with E-state index in [9.17, 15) is 0 Å². The zero-order chi connectivity index (χ0) is 33.0. The lowest BCUT2D eigenvalue weighted by Gasteiger charge is -2.28. The van der Waals surface area contributed by atoms with Gasteiger partial charge in [0.1, 0.15) is 11.2 Å². The number of benzene rings is 9. The molecule has 0 radical (unpaired) electrons. The quantitative estimate of drug-likeness (QED) is 0.175. The second-order valence-electron chi connectivity index (χ2n) is 12.9. The molecule has 0 aliphatic rings. The van der Waals surface area contributed by atoms with Crippen molar-refractivity contribution < 1.29 is 4.42 Å². The highest BCUT2D eigenvalue weighted by Gasteiger charge is 2.21. The highest BCUT2D eigenvalue weighted by Crippen LogP contribution is 2.46. The molecule has 10 rings (SSSR count). The minimum absolute atomic E-state index is 0.891. The molecular formula is C48H31NO. The largest absolute Gasteiger partial charge is 0.455 e. The molecule has 0 aliphatic carbocycles. The number of hydrogen-bond acceptors (Lipinski definition) is 2. The van der Waals surface area contributed by atoms with Crippen LogP contribution in [0.5, 0.6) is 0 Å². The molecule has 0 aliphatic heterocycles. The maximum Gasteiger partial charge on any atom is 0.143 e. The molecule has 1 aromatic heterocycles. The summed E-state index contributed by atoms with van der Waals surface area (Å²) in [5.41, 5.74) is 9.83. The van der Waals surface area contributed by atoms with E-state index < -0.39 is 0 Å². The molecule has 234 valence electrons. The van der Waals surface area contributed by atoms with Gasteiger partial charge in [0, 0.05) is 33.1 Å². The normalized spacial score (nSPS) is 11.6. The third-order valence-electron chi connectivity index (χ3n) is 10.1. The van der Waals surface area contributed by atoms with Crippen molar-refractivity contribution in [2.75, 3.05) is 4.90 Å². The third kappa shape index (κ3) is 4.50. The molecule has 0 amide bonds. The van der Waals surface area contributed by atoms with E-state index in [0.717, 1.165) is 55.5 Å². The fourth-order valence-corrected chi connectivity index (χ4v) is 7.76. The van der Waals surface area contributed by atoms with Gasteiger partial charge < -0.3 is 9.32 Å². The maximum absolute atomic E-state index is 6.59. The van der Waals surface area contributed by atoms with Crippen LogP contribution in [0, 0.1) is 0 Å². The molecule has 2 heteroatoms. The van der Waals surface area contributed by atoms with Crippen LogP contribution < -0.4 is 4.90 Å². The molecule has 0 saturated heterocycles. The topological polar surface area (TPSA) is 16.4 Å². The van der Waals surface area contributed by atoms with Crippen LogP contribution in [0.15, 0.2) is 192 Å². The van der Waals surface area contributed by atoms with Gasteiger partial charge in [0.25, 0.3) is 0 Å². The van der Waals surface area contributed by atoms with Gasteiger partial charge in [0.05, 0.1) is 5.69 Å². The Labute approximate surface area is 290 Å². The number of anilines is 3. The van der Waals surface area contributed by atoms with E-state index in [-0.39, 0.29) is 0 Å². The van der Waals surface area contributed by atoms with Crippen LogP contribution in [-0.4, -0.2) is 0 Å². The lowest BCUT2D eigenvalue weighted by molar-refractivity contribution is 0.673. The summed E-state index contributed by atoms with van der Waals surface area (Å²) >= 11 is 0. The number of para-hydroxylation sites is 2. The van der Waals surface area contributed by atoms with Gasteiger partial charge in [-0.2, -0.15) is 0 Å². The molecule has 0 spiro atoms. The first-order valence-corrected chi connectivity index (χ1v) is 17.1. The fourth-order valence-electron chi connectivity index (χ4n) is 7.76. The Bertz CT molecular complexity index is 2870. The first-order valence-electron chi connectivity index (χ1n) is 17.1. The van der Waals surface area contributed by atoms with Gasteiger partial charge in [0.15, 0.2) is 0 Å². The minimum Gasteiger partial charge on any atom is -0.455 e. The molecule has 0 saturated carbocycles. The monoisotopic (exact) mass is 637 g/mol. The smallest absolute Gasteiger partial charge is 0.143 e. The standard InChI is InChI=1S/C48H31NO/c1-2-14-35(15-3-1)49(36-28-24-34(25-29-36)38-19-10-20-40-37-16-6-4-12-32(37)26-30-41(38)40)45-22-9-8-18-42(45)43-21-11-23-46-47(43)44-31-27-33-13-5-7-17-39(33)48(44)50-46/h1-31H. The maximum atomic E-state index is 6.59. The Morgan fingerprint density at radius 2 is 0.940 bits per heavy atom. The SMILES string of the molecule is c1ccc(N(c2ccc(-c3cccc4c3ccc3ccccc34)cc2)c2ccccc2-c2cccc3oc4c5ccccc5ccc4c23)cc1. The first kappa shape index (κ1) is 28.4. The van der Waals surface area contributed by atoms with Crippen molar-refractivity contribution in [3.8, 4) is 22.3 Å². The van der Waals surface area contributed by atoms with Gasteiger partial charge in [-0.05, 0) is 86.1 Å². The summed E-state index contributed by atoms with van der Waals surface area (Å²) in [6, 6.07) is 67.4. The van der Waals surface area contributed by atoms with Gasteiger partial charge >= 0.3 is 0 Å². The van der Waals surface area contributed by atoms with Crippen molar-refractivity contribution in [3.05, 3.63) is 188 Å². The van der Waals surface area contributed by atoms with Crippen molar-refractivity contribution in [1.29, 1.82) is 0 Å². The number of fused-ring (bicyclic) bond motifs is 8. The van der Waals surface area contributed by atoms with E-state index >= 15 is 0 Å². The highest BCUT2D eigenvalue weighted by molar-refractivity contribution is 6.20. The molecule has 2 nitrogen and oxygen atoms in total. The van der Waals surface area contributed by atoms with Crippen molar-refractivity contribution >= 4 is 71.3 Å². The Morgan fingerprint density at radius 3 is 1.78 bits per heavy atom. The lowest BCUT2D eigenvalue weighted by Crippen LogP contribution is -2.11. The van der Waals surface area contributed by atoms with Gasteiger partial charge in [-0.25, -0.2) is 0 Å². The zero-order valence-electron chi connectivity index (χ0n) is 27.3. The second-order valence-corrected chi connectivity index (χ2v) is 12.9. The van der Waals surface area contributed by atoms with E-state index in [4.69, 9.17) is 4.42 Å². The summed E-state index contributed by atoms with van der Waals surface area (Å²) in [5, 5.41) is 9.65. The van der Waals surface area contributed by atoms with Crippen LogP contribution in [0.25, 0.3) is 76.5 Å². The molecule has 0 N–H and O–H groups in total. The highest BCUT2D eigenvalue weighted by atomic mass is 16.3. The Balaban J connectivity index is 1.14. The van der Waals surface area contributed by atoms with Gasteiger partial charge in [-0.3, -0.25) is 0 Å². The summed E-state index contributed by atoms with van der Waals surface area (Å²) in [4.78, 5) is 2.37. The molecule has 0 bridgehead atoms. The summed E-state index contributed by atoms with van der Waals surface area (Å²) in [6.45, 7) is 0. The lowest BCUT2D eigenvalue weighted by atomic mass is 9.94. The van der Waals surface area contributed by atoms with Gasteiger partial charge in [0.2, 0.25) is 0 Å². The van der Waals surface area contributed by atoms with Crippen LogP contribution in [-0.2, 0) is 0 Å². The van der Waals surface area contributed by atoms with Crippen molar-refractivity contribution in [2.24, 2.45) is 0 Å². The summed E-state index contributed by atoms with van der Waals surface area (Å²) in [6.07, 6.45) is 0. The molecule has 0 fully saturated rings. The van der Waals surface area contributed by atoms with Crippen molar-refractivity contribution in [1.82, 2.24) is 0 Å². The van der Waals surface area contributed by atoms with Gasteiger partial charge in [-0.1, -0.05) is 146 Å². The minimum atomic E-state index is 0.891. The summed E-state index contributed by atoms with van der Waals surface area (Å²) in [7, 11) is 0. The Hall–Kier alpha value is -6.64.